The van der Waals surface area contributed by atoms with E-state index in [-0.39, 0.29) is 21.4 Å². The van der Waals surface area contributed by atoms with Crippen LogP contribution in [0.2, 0.25) is 0 Å². The van der Waals surface area contributed by atoms with Gasteiger partial charge in [-0.25, -0.2) is 13.8 Å². The molecule has 9 heteroatoms. The van der Waals surface area contributed by atoms with Gasteiger partial charge in [-0.15, -0.1) is 0 Å². The van der Waals surface area contributed by atoms with Gasteiger partial charge < -0.3 is 4.57 Å². The summed E-state index contributed by atoms with van der Waals surface area (Å²) in [6, 6.07) is 1.24. The molecule has 24 heavy (non-hydrogen) atoms. The summed E-state index contributed by atoms with van der Waals surface area (Å²) in [5.41, 5.74) is 0.0773. The van der Waals surface area contributed by atoms with Gasteiger partial charge in [-0.1, -0.05) is 0 Å². The van der Waals surface area contributed by atoms with Crippen LogP contribution in [0.3, 0.4) is 0 Å². The molecule has 0 spiro atoms. The van der Waals surface area contributed by atoms with Crippen molar-refractivity contribution in [1.82, 2.24) is 24.3 Å². The Balaban J connectivity index is 2.41. The highest BCUT2D eigenvalue weighted by Crippen LogP contribution is 2.29. The average Bonchev–Trinajstić information content (AvgIpc) is 3.03. The Bertz CT molecular complexity index is 1020. The van der Waals surface area contributed by atoms with Crippen molar-refractivity contribution in [2.45, 2.75) is 33.4 Å². The number of aromatic amines is 1. The highest BCUT2D eigenvalue weighted by atomic mass is 32.1. The van der Waals surface area contributed by atoms with Crippen molar-refractivity contribution in [2.24, 2.45) is 0 Å². The smallest absolute Gasteiger partial charge is 0.264 e. The molecule has 0 saturated heterocycles. The summed E-state index contributed by atoms with van der Waals surface area (Å²) in [5.74, 6) is 0. The molecular formula is C15H15F2N5OS. The summed E-state index contributed by atoms with van der Waals surface area (Å²) in [6.45, 7) is 4.78. The first kappa shape index (κ1) is 16.4. The highest BCUT2D eigenvalue weighted by Gasteiger charge is 2.20. The lowest BCUT2D eigenvalue weighted by atomic mass is 10.1. The fraction of sp³-hybridized carbons (Fsp3) is 0.333. The molecule has 6 nitrogen and oxygen atoms in total. The molecule has 126 valence electrons. The molecule has 0 radical (unpaired) electrons. The van der Waals surface area contributed by atoms with E-state index >= 15 is 0 Å². The van der Waals surface area contributed by atoms with Gasteiger partial charge in [0.05, 0.1) is 17.3 Å². The van der Waals surface area contributed by atoms with E-state index < -0.39 is 12.0 Å². The van der Waals surface area contributed by atoms with E-state index in [0.29, 0.717) is 24.3 Å². The Morgan fingerprint density at radius 1 is 1.33 bits per heavy atom. The van der Waals surface area contributed by atoms with Crippen molar-refractivity contribution >= 4 is 23.3 Å². The van der Waals surface area contributed by atoms with Crippen LogP contribution in [-0.4, -0.2) is 24.3 Å². The second kappa shape index (κ2) is 6.23. The van der Waals surface area contributed by atoms with Crippen molar-refractivity contribution in [3.63, 3.8) is 0 Å². The van der Waals surface area contributed by atoms with Crippen LogP contribution in [-0.2, 0) is 13.1 Å². The topological polar surface area (TPSA) is 68.5 Å². The summed E-state index contributed by atoms with van der Waals surface area (Å²) < 4.78 is 30.5. The van der Waals surface area contributed by atoms with Gasteiger partial charge in [-0.05, 0) is 32.1 Å². The van der Waals surface area contributed by atoms with Gasteiger partial charge >= 0.3 is 0 Å². The van der Waals surface area contributed by atoms with Crippen LogP contribution in [0.5, 0.6) is 0 Å². The van der Waals surface area contributed by atoms with E-state index in [4.69, 9.17) is 12.2 Å². The zero-order chi connectivity index (χ0) is 17.4. The molecule has 3 aromatic heterocycles. The van der Waals surface area contributed by atoms with Crippen molar-refractivity contribution in [3.05, 3.63) is 39.1 Å². The number of hydrogen-bond acceptors (Lipinski definition) is 4. The number of aryl methyl sites for hydroxylation is 2. The predicted octanol–water partition coefficient (Wildman–Crippen LogP) is 3.29. The molecular weight excluding hydrogens is 336 g/mol. The van der Waals surface area contributed by atoms with Gasteiger partial charge in [-0.2, -0.15) is 5.10 Å². The Labute approximate surface area is 140 Å². The molecule has 0 aromatic carbocycles. The lowest BCUT2D eigenvalue weighted by molar-refractivity contribution is 0.153. The molecule has 3 aromatic rings. The molecule has 1 N–H and O–H groups in total. The van der Waals surface area contributed by atoms with Crippen molar-refractivity contribution < 1.29 is 8.78 Å². The van der Waals surface area contributed by atoms with Crippen LogP contribution in [0.1, 0.15) is 25.8 Å². The first-order valence-electron chi connectivity index (χ1n) is 7.45. The van der Waals surface area contributed by atoms with Crippen LogP contribution < -0.4 is 5.56 Å². The van der Waals surface area contributed by atoms with Crippen molar-refractivity contribution in [3.8, 4) is 11.3 Å². The number of fused-ring (bicyclic) bond motifs is 1. The minimum Gasteiger partial charge on any atom is -0.303 e. The average molecular weight is 351 g/mol. The van der Waals surface area contributed by atoms with Crippen LogP contribution in [0.25, 0.3) is 22.3 Å². The summed E-state index contributed by atoms with van der Waals surface area (Å²) in [4.78, 5) is 19.0. The zero-order valence-electron chi connectivity index (χ0n) is 13.1. The molecule has 0 aliphatic heterocycles. The number of nitrogens with zero attached hydrogens (tertiary/aromatic N) is 4. The Hall–Kier alpha value is -2.42. The number of halogens is 2. The fourth-order valence-corrected chi connectivity index (χ4v) is 2.89. The quantitative estimate of drug-likeness (QED) is 0.733. The highest BCUT2D eigenvalue weighted by molar-refractivity contribution is 7.71. The first-order chi connectivity index (χ1) is 11.5. The van der Waals surface area contributed by atoms with E-state index in [2.05, 4.69) is 15.1 Å². The standard InChI is InChI=1S/C15H15F2N5OS/c1-3-21-7-8(6-18-21)10-5-9(12(16)17)11-13(19-10)22(4-2)15(24)20-14(11)23/h5-7,12H,3-4H2,1-2H3,(H,20,23,24). The largest absolute Gasteiger partial charge is 0.303 e. The zero-order valence-corrected chi connectivity index (χ0v) is 13.9. The van der Waals surface area contributed by atoms with E-state index in [1.54, 1.807) is 24.0 Å². The number of aromatic nitrogens is 5. The number of alkyl halides is 2. The Morgan fingerprint density at radius 3 is 2.67 bits per heavy atom. The maximum atomic E-state index is 13.5. The molecule has 0 unspecified atom stereocenters. The Morgan fingerprint density at radius 2 is 2.08 bits per heavy atom. The molecule has 0 saturated carbocycles. The molecule has 3 heterocycles. The predicted molar refractivity (Wildman–Crippen MR) is 88.7 cm³/mol. The van der Waals surface area contributed by atoms with Crippen LogP contribution in [0.15, 0.2) is 23.3 Å². The normalized spacial score (nSPS) is 11.5. The fourth-order valence-electron chi connectivity index (χ4n) is 2.58. The van der Waals surface area contributed by atoms with Gasteiger partial charge in [-0.3, -0.25) is 14.5 Å². The van der Waals surface area contributed by atoms with Gasteiger partial charge in [0.15, 0.2) is 4.77 Å². The molecule has 0 atom stereocenters. The minimum atomic E-state index is -2.81. The molecule has 0 aliphatic rings. The molecule has 0 fully saturated rings. The van der Waals surface area contributed by atoms with E-state index in [9.17, 15) is 13.6 Å². The third kappa shape index (κ3) is 2.64. The number of hydrogen-bond donors (Lipinski definition) is 1. The summed E-state index contributed by atoms with van der Waals surface area (Å²) in [6.07, 6.45) is 0.477. The van der Waals surface area contributed by atoms with E-state index in [0.717, 1.165) is 0 Å². The second-order valence-electron chi connectivity index (χ2n) is 5.18. The van der Waals surface area contributed by atoms with E-state index in [1.807, 2.05) is 6.92 Å². The van der Waals surface area contributed by atoms with Gasteiger partial charge in [0.1, 0.15) is 5.65 Å². The molecule has 0 aliphatic carbocycles. The van der Waals surface area contributed by atoms with Crippen molar-refractivity contribution in [2.75, 3.05) is 0 Å². The number of pyridine rings is 1. The van der Waals surface area contributed by atoms with Crippen LogP contribution in [0, 0.1) is 4.77 Å². The lowest BCUT2D eigenvalue weighted by Crippen LogP contribution is -2.17. The van der Waals surface area contributed by atoms with Crippen LogP contribution in [0.4, 0.5) is 8.78 Å². The summed E-state index contributed by atoms with van der Waals surface area (Å²) >= 11 is 5.12. The lowest BCUT2D eigenvalue weighted by Gasteiger charge is -2.12. The maximum Gasteiger partial charge on any atom is 0.264 e. The third-order valence-electron chi connectivity index (χ3n) is 3.78. The number of rotatable bonds is 4. The minimum absolute atomic E-state index is 0.132. The summed E-state index contributed by atoms with van der Waals surface area (Å²) in [5, 5.41) is 4.00. The van der Waals surface area contributed by atoms with E-state index in [1.165, 1.54) is 10.6 Å². The first-order valence-corrected chi connectivity index (χ1v) is 7.85. The van der Waals surface area contributed by atoms with Crippen molar-refractivity contribution in [1.29, 1.82) is 0 Å². The number of H-pyrrole nitrogens is 1. The van der Waals surface area contributed by atoms with Crippen LogP contribution >= 0.6 is 12.2 Å². The monoisotopic (exact) mass is 351 g/mol. The SMILES string of the molecule is CCn1cc(-c2cc(C(F)F)c3c(=O)[nH]c(=S)n(CC)c3n2)cn1. The van der Waals surface area contributed by atoms with Gasteiger partial charge in [0, 0.05) is 30.4 Å². The Kier molecular flexibility index (Phi) is 4.27. The molecule has 0 bridgehead atoms. The second-order valence-corrected chi connectivity index (χ2v) is 5.57. The maximum absolute atomic E-state index is 13.5. The van der Waals surface area contributed by atoms with Gasteiger partial charge in [0.25, 0.3) is 12.0 Å². The number of nitrogens with one attached hydrogen (secondary N) is 1. The molecule has 0 amide bonds. The molecule has 3 rings (SSSR count). The third-order valence-corrected chi connectivity index (χ3v) is 4.11. The van der Waals surface area contributed by atoms with Gasteiger partial charge in [0.2, 0.25) is 0 Å². The summed E-state index contributed by atoms with van der Waals surface area (Å²) in [7, 11) is 0.